The molecule has 1 aromatic carbocycles. The normalized spacial score (nSPS) is 19.4. The van der Waals surface area contributed by atoms with Crippen LogP contribution in [-0.4, -0.2) is 54.1 Å². The summed E-state index contributed by atoms with van der Waals surface area (Å²) in [7, 11) is 3.97. The Morgan fingerprint density at radius 3 is 2.42 bits per heavy atom. The predicted octanol–water partition coefficient (Wildman–Crippen LogP) is 2.75. The zero-order chi connectivity index (χ0) is 18.9. The van der Waals surface area contributed by atoms with Gasteiger partial charge in [0, 0.05) is 50.8 Å². The maximum atomic E-state index is 12.8. The van der Waals surface area contributed by atoms with Crippen LogP contribution < -0.4 is 4.90 Å². The molecule has 1 amide bonds. The lowest BCUT2D eigenvalue weighted by Gasteiger charge is -2.20. The second kappa shape index (κ2) is 6.78. The topological polar surface area (TPSA) is 73.7 Å². The zero-order valence-corrected chi connectivity index (χ0v) is 15.3. The van der Waals surface area contributed by atoms with Crippen LogP contribution in [0.25, 0.3) is 11.1 Å². The lowest BCUT2D eigenvalue weighted by Crippen LogP contribution is -2.34. The quantitative estimate of drug-likeness (QED) is 0.915. The molecule has 2 heterocycles. The maximum Gasteiger partial charge on any atom is 0.311 e. The fourth-order valence-corrected chi connectivity index (χ4v) is 3.16. The monoisotopic (exact) mass is 353 g/mol. The number of amides is 1. The molecule has 1 aliphatic rings. The van der Waals surface area contributed by atoms with Crippen molar-refractivity contribution in [2.45, 2.75) is 13.3 Å². The van der Waals surface area contributed by atoms with Crippen molar-refractivity contribution in [3.05, 3.63) is 48.3 Å². The largest absolute Gasteiger partial charge is 0.481 e. The summed E-state index contributed by atoms with van der Waals surface area (Å²) in [5, 5.41) is 9.34. The summed E-state index contributed by atoms with van der Waals surface area (Å²) in [5.41, 5.74) is 2.55. The van der Waals surface area contributed by atoms with Crippen LogP contribution >= 0.6 is 0 Å². The number of carboxylic acid groups (broad SMARTS) is 1. The second-order valence-electron chi connectivity index (χ2n) is 7.25. The first kappa shape index (κ1) is 17.9. The number of pyridine rings is 1. The molecule has 3 rings (SSSR count). The van der Waals surface area contributed by atoms with Gasteiger partial charge in [-0.1, -0.05) is 12.1 Å². The van der Waals surface area contributed by atoms with Gasteiger partial charge >= 0.3 is 5.97 Å². The average molecular weight is 353 g/mol. The molecule has 136 valence electrons. The fourth-order valence-electron chi connectivity index (χ4n) is 3.16. The highest BCUT2D eigenvalue weighted by Crippen LogP contribution is 2.31. The van der Waals surface area contributed by atoms with Crippen molar-refractivity contribution in [2.24, 2.45) is 5.41 Å². The summed E-state index contributed by atoms with van der Waals surface area (Å²) in [5.74, 6) is -1.03. The Morgan fingerprint density at radius 1 is 1.15 bits per heavy atom. The van der Waals surface area contributed by atoms with Gasteiger partial charge in [-0.25, -0.2) is 0 Å². The number of benzene rings is 1. The number of aliphatic carboxylic acids is 1. The SMILES string of the molecule is CN(C)c1ccc(-c2cncc(C(=O)N3CCC(C)(C(=O)O)C3)c2)cc1. The molecule has 6 nitrogen and oxygen atoms in total. The van der Waals surface area contributed by atoms with Crippen molar-refractivity contribution in [1.29, 1.82) is 0 Å². The van der Waals surface area contributed by atoms with Crippen molar-refractivity contribution >= 4 is 17.6 Å². The molecule has 2 aromatic rings. The van der Waals surface area contributed by atoms with Crippen LogP contribution in [0.1, 0.15) is 23.7 Å². The van der Waals surface area contributed by atoms with Crippen molar-refractivity contribution in [1.82, 2.24) is 9.88 Å². The Bertz CT molecular complexity index is 832. The van der Waals surface area contributed by atoms with Gasteiger partial charge in [0.1, 0.15) is 0 Å². The van der Waals surface area contributed by atoms with Gasteiger partial charge in [-0.15, -0.1) is 0 Å². The number of nitrogens with zero attached hydrogens (tertiary/aromatic N) is 3. The number of carbonyl (C=O) groups excluding carboxylic acids is 1. The van der Waals surface area contributed by atoms with E-state index in [1.165, 1.54) is 6.20 Å². The highest BCUT2D eigenvalue weighted by molar-refractivity contribution is 5.96. The van der Waals surface area contributed by atoms with Crippen LogP contribution in [0, 0.1) is 5.41 Å². The number of aromatic nitrogens is 1. The Morgan fingerprint density at radius 2 is 1.85 bits per heavy atom. The minimum absolute atomic E-state index is 0.172. The molecule has 1 aliphatic heterocycles. The van der Waals surface area contributed by atoms with Gasteiger partial charge in [-0.3, -0.25) is 14.6 Å². The summed E-state index contributed by atoms with van der Waals surface area (Å²) in [4.78, 5) is 32.0. The van der Waals surface area contributed by atoms with E-state index in [1.807, 2.05) is 49.3 Å². The van der Waals surface area contributed by atoms with Crippen LogP contribution in [0.3, 0.4) is 0 Å². The summed E-state index contributed by atoms with van der Waals surface area (Å²) < 4.78 is 0. The molecule has 1 N–H and O–H groups in total. The highest BCUT2D eigenvalue weighted by Gasteiger charge is 2.42. The zero-order valence-electron chi connectivity index (χ0n) is 15.3. The lowest BCUT2D eigenvalue weighted by molar-refractivity contribution is -0.147. The summed E-state index contributed by atoms with van der Waals surface area (Å²) in [6.07, 6.45) is 3.73. The van der Waals surface area contributed by atoms with E-state index in [-0.39, 0.29) is 12.5 Å². The minimum Gasteiger partial charge on any atom is -0.481 e. The van der Waals surface area contributed by atoms with E-state index < -0.39 is 11.4 Å². The van der Waals surface area contributed by atoms with Crippen LogP contribution in [0.2, 0.25) is 0 Å². The third kappa shape index (κ3) is 3.40. The van der Waals surface area contributed by atoms with Crippen molar-refractivity contribution < 1.29 is 14.7 Å². The molecule has 0 bridgehead atoms. The van der Waals surface area contributed by atoms with Crippen LogP contribution in [0.4, 0.5) is 5.69 Å². The number of carbonyl (C=O) groups is 2. The van der Waals surface area contributed by atoms with E-state index in [1.54, 1.807) is 18.0 Å². The molecular weight excluding hydrogens is 330 g/mol. The summed E-state index contributed by atoms with van der Waals surface area (Å²) >= 11 is 0. The number of likely N-dealkylation sites (tertiary alicyclic amines) is 1. The molecule has 0 radical (unpaired) electrons. The van der Waals surface area contributed by atoms with Gasteiger partial charge in [0.15, 0.2) is 0 Å². The van der Waals surface area contributed by atoms with E-state index in [9.17, 15) is 14.7 Å². The molecule has 0 spiro atoms. The van der Waals surface area contributed by atoms with E-state index in [0.29, 0.717) is 18.5 Å². The smallest absolute Gasteiger partial charge is 0.311 e. The van der Waals surface area contributed by atoms with Crippen molar-refractivity contribution in [2.75, 3.05) is 32.1 Å². The molecule has 1 fully saturated rings. The molecule has 0 saturated carbocycles. The van der Waals surface area contributed by atoms with E-state index in [0.717, 1.165) is 16.8 Å². The molecule has 6 heteroatoms. The number of anilines is 1. The highest BCUT2D eigenvalue weighted by atomic mass is 16.4. The third-order valence-corrected chi connectivity index (χ3v) is 4.98. The molecular formula is C20H23N3O3. The number of carboxylic acids is 1. The van der Waals surface area contributed by atoms with Gasteiger partial charge in [0.2, 0.25) is 0 Å². The Labute approximate surface area is 153 Å². The number of hydrogen-bond donors (Lipinski definition) is 1. The first-order valence-electron chi connectivity index (χ1n) is 8.56. The predicted molar refractivity (Wildman–Crippen MR) is 100 cm³/mol. The number of hydrogen-bond acceptors (Lipinski definition) is 4. The third-order valence-electron chi connectivity index (χ3n) is 4.98. The first-order chi connectivity index (χ1) is 12.3. The molecule has 1 saturated heterocycles. The second-order valence-corrected chi connectivity index (χ2v) is 7.25. The maximum absolute atomic E-state index is 12.8. The summed E-state index contributed by atoms with van der Waals surface area (Å²) in [6.45, 7) is 2.36. The van der Waals surface area contributed by atoms with Crippen LogP contribution in [-0.2, 0) is 4.79 Å². The average Bonchev–Trinajstić information content (AvgIpc) is 3.05. The minimum atomic E-state index is -0.872. The van der Waals surface area contributed by atoms with Gasteiger partial charge in [-0.2, -0.15) is 0 Å². The van der Waals surface area contributed by atoms with Gasteiger partial charge < -0.3 is 14.9 Å². The molecule has 26 heavy (non-hydrogen) atoms. The van der Waals surface area contributed by atoms with E-state index >= 15 is 0 Å². The molecule has 1 aromatic heterocycles. The van der Waals surface area contributed by atoms with Gasteiger partial charge in [-0.05, 0) is 37.1 Å². The van der Waals surface area contributed by atoms with E-state index in [4.69, 9.17) is 0 Å². The van der Waals surface area contributed by atoms with Gasteiger partial charge in [0.25, 0.3) is 5.91 Å². The molecule has 1 unspecified atom stereocenters. The van der Waals surface area contributed by atoms with Crippen LogP contribution in [0.15, 0.2) is 42.7 Å². The van der Waals surface area contributed by atoms with Crippen LogP contribution in [0.5, 0.6) is 0 Å². The Hall–Kier alpha value is -2.89. The van der Waals surface area contributed by atoms with Crippen molar-refractivity contribution in [3.63, 3.8) is 0 Å². The fraction of sp³-hybridized carbons (Fsp3) is 0.350. The van der Waals surface area contributed by atoms with E-state index in [2.05, 4.69) is 4.98 Å². The molecule has 0 aliphatic carbocycles. The van der Waals surface area contributed by atoms with Crippen molar-refractivity contribution in [3.8, 4) is 11.1 Å². The first-order valence-corrected chi connectivity index (χ1v) is 8.56. The number of rotatable bonds is 4. The molecule has 1 atom stereocenters. The Balaban J connectivity index is 1.81. The van der Waals surface area contributed by atoms with Gasteiger partial charge in [0.05, 0.1) is 11.0 Å². The summed E-state index contributed by atoms with van der Waals surface area (Å²) in [6, 6.07) is 9.84. The lowest BCUT2D eigenvalue weighted by atomic mass is 9.90. The Kier molecular flexibility index (Phi) is 4.68. The standard InChI is InChI=1S/C20H23N3O3/c1-20(19(25)26)8-9-23(13-20)18(24)16-10-15(11-21-12-16)14-4-6-17(7-5-14)22(2)3/h4-7,10-12H,8-9,13H2,1-3H3,(H,25,26).